The summed E-state index contributed by atoms with van der Waals surface area (Å²) in [5.41, 5.74) is 0.596. The van der Waals surface area contributed by atoms with Crippen LogP contribution in [0.25, 0.3) is 0 Å². The van der Waals surface area contributed by atoms with Gasteiger partial charge in [-0.1, -0.05) is 0 Å². The maximum atomic E-state index is 12.3. The largest absolute Gasteiger partial charge is 0.465 e. The summed E-state index contributed by atoms with van der Waals surface area (Å²) < 4.78 is 10.1. The van der Waals surface area contributed by atoms with Gasteiger partial charge in [0.25, 0.3) is 5.91 Å². The number of fused-ring (bicyclic) bond motifs is 1. The van der Waals surface area contributed by atoms with Crippen molar-refractivity contribution in [2.75, 3.05) is 19.5 Å². The molecule has 1 aliphatic rings. The number of anilines is 1. The number of esters is 1. The second-order valence-corrected chi connectivity index (χ2v) is 6.68. The van der Waals surface area contributed by atoms with E-state index in [0.29, 0.717) is 10.6 Å². The standard InChI is InChI=1S/C15H21NO4S/c1-15(2,20-4)14(18)16-12-11(13(17)19-3)9-7-5-6-8-10(9)21-12/h5-8H2,1-4H3,(H,16,18). The summed E-state index contributed by atoms with van der Waals surface area (Å²) in [6.07, 6.45) is 3.99. The number of carbonyl (C=O) groups is 2. The van der Waals surface area contributed by atoms with Gasteiger partial charge in [-0.15, -0.1) is 11.3 Å². The molecule has 0 aliphatic heterocycles. The fourth-order valence-corrected chi connectivity index (χ4v) is 3.59. The lowest BCUT2D eigenvalue weighted by Gasteiger charge is -2.21. The molecule has 0 saturated heterocycles. The van der Waals surface area contributed by atoms with E-state index >= 15 is 0 Å². The van der Waals surface area contributed by atoms with Crippen molar-refractivity contribution in [3.63, 3.8) is 0 Å². The lowest BCUT2D eigenvalue weighted by Crippen LogP contribution is -2.38. The Morgan fingerprint density at radius 2 is 1.86 bits per heavy atom. The molecule has 0 unspecified atom stereocenters. The average Bonchev–Trinajstić information content (AvgIpc) is 2.84. The summed E-state index contributed by atoms with van der Waals surface area (Å²) in [5, 5.41) is 3.40. The molecule has 2 rings (SSSR count). The Morgan fingerprint density at radius 3 is 2.48 bits per heavy atom. The number of aryl methyl sites for hydroxylation is 1. The lowest BCUT2D eigenvalue weighted by molar-refractivity contribution is -0.133. The zero-order valence-electron chi connectivity index (χ0n) is 12.9. The number of carbonyl (C=O) groups excluding carboxylic acids is 2. The molecule has 1 amide bonds. The highest BCUT2D eigenvalue weighted by Crippen LogP contribution is 2.38. The number of thiophene rings is 1. The number of amides is 1. The number of nitrogens with one attached hydrogen (secondary N) is 1. The van der Waals surface area contributed by atoms with Crippen LogP contribution in [0.15, 0.2) is 0 Å². The maximum absolute atomic E-state index is 12.3. The van der Waals surface area contributed by atoms with Crippen LogP contribution in [0.1, 0.15) is 47.5 Å². The van der Waals surface area contributed by atoms with E-state index in [-0.39, 0.29) is 11.9 Å². The first kappa shape index (κ1) is 16.0. The zero-order valence-corrected chi connectivity index (χ0v) is 13.7. The topological polar surface area (TPSA) is 64.6 Å². The summed E-state index contributed by atoms with van der Waals surface area (Å²) in [7, 11) is 2.85. The van der Waals surface area contributed by atoms with Gasteiger partial charge in [-0.05, 0) is 45.1 Å². The molecule has 0 bridgehead atoms. The number of rotatable bonds is 4. The third-order valence-corrected chi connectivity index (χ3v) is 5.05. The monoisotopic (exact) mass is 311 g/mol. The van der Waals surface area contributed by atoms with Crippen LogP contribution in [0.2, 0.25) is 0 Å². The Morgan fingerprint density at radius 1 is 1.19 bits per heavy atom. The first-order valence-electron chi connectivity index (χ1n) is 7.00. The Balaban J connectivity index is 2.37. The number of hydrogen-bond donors (Lipinski definition) is 1. The Kier molecular flexibility index (Phi) is 4.68. The van der Waals surface area contributed by atoms with Crippen LogP contribution >= 0.6 is 11.3 Å². The quantitative estimate of drug-likeness (QED) is 0.868. The molecule has 6 heteroatoms. The fraction of sp³-hybridized carbons (Fsp3) is 0.600. The van der Waals surface area contributed by atoms with Crippen LogP contribution < -0.4 is 5.32 Å². The molecule has 1 N–H and O–H groups in total. The predicted molar refractivity (Wildman–Crippen MR) is 82.0 cm³/mol. The molecule has 1 aromatic heterocycles. The van der Waals surface area contributed by atoms with Crippen molar-refractivity contribution in [3.8, 4) is 0 Å². The molecule has 1 aromatic rings. The fourth-order valence-electron chi connectivity index (χ4n) is 2.32. The van der Waals surface area contributed by atoms with Crippen molar-refractivity contribution in [1.82, 2.24) is 0 Å². The highest BCUT2D eigenvalue weighted by Gasteiger charge is 2.31. The Bertz CT molecular complexity index is 562. The number of hydrogen-bond acceptors (Lipinski definition) is 5. The van der Waals surface area contributed by atoms with E-state index in [1.807, 2.05) is 0 Å². The van der Waals surface area contributed by atoms with Crippen LogP contribution in [0.5, 0.6) is 0 Å². The van der Waals surface area contributed by atoms with Gasteiger partial charge >= 0.3 is 5.97 Å². The van der Waals surface area contributed by atoms with Gasteiger partial charge in [0.15, 0.2) is 0 Å². The summed E-state index contributed by atoms with van der Waals surface area (Å²) in [6, 6.07) is 0. The van der Waals surface area contributed by atoms with Gasteiger partial charge < -0.3 is 14.8 Å². The first-order valence-corrected chi connectivity index (χ1v) is 7.81. The highest BCUT2D eigenvalue weighted by molar-refractivity contribution is 7.17. The average molecular weight is 311 g/mol. The van der Waals surface area contributed by atoms with Crippen molar-refractivity contribution in [2.24, 2.45) is 0 Å². The van der Waals surface area contributed by atoms with Gasteiger partial charge in [0.05, 0.1) is 12.7 Å². The van der Waals surface area contributed by atoms with E-state index in [1.54, 1.807) is 13.8 Å². The molecule has 0 atom stereocenters. The molecule has 0 spiro atoms. The molecule has 5 nitrogen and oxygen atoms in total. The molecule has 116 valence electrons. The van der Waals surface area contributed by atoms with E-state index in [2.05, 4.69) is 5.32 Å². The highest BCUT2D eigenvalue weighted by atomic mass is 32.1. The van der Waals surface area contributed by atoms with E-state index in [1.165, 1.54) is 30.4 Å². The smallest absolute Gasteiger partial charge is 0.341 e. The molecule has 0 saturated carbocycles. The summed E-state index contributed by atoms with van der Waals surface area (Å²) in [6.45, 7) is 3.38. The van der Waals surface area contributed by atoms with Crippen molar-refractivity contribution >= 4 is 28.2 Å². The normalized spacial score (nSPS) is 14.5. The van der Waals surface area contributed by atoms with Crippen molar-refractivity contribution in [3.05, 3.63) is 16.0 Å². The summed E-state index contributed by atoms with van der Waals surface area (Å²) in [5.74, 6) is -0.659. The molecular formula is C15H21NO4S. The van der Waals surface area contributed by atoms with Gasteiger partial charge in [-0.25, -0.2) is 4.79 Å². The van der Waals surface area contributed by atoms with E-state index < -0.39 is 5.60 Å². The molecule has 1 aliphatic carbocycles. The van der Waals surface area contributed by atoms with Gasteiger partial charge in [0, 0.05) is 12.0 Å². The minimum absolute atomic E-state index is 0.270. The molecule has 21 heavy (non-hydrogen) atoms. The van der Waals surface area contributed by atoms with E-state index in [4.69, 9.17) is 9.47 Å². The second kappa shape index (κ2) is 6.15. The SMILES string of the molecule is COC(=O)c1c(NC(=O)C(C)(C)OC)sc2c1CCCC2. The predicted octanol–water partition coefficient (Wildman–Crippen LogP) is 2.78. The Labute approximate surface area is 128 Å². The first-order chi connectivity index (χ1) is 9.90. The van der Waals surface area contributed by atoms with Crippen LogP contribution in [0.4, 0.5) is 5.00 Å². The summed E-state index contributed by atoms with van der Waals surface area (Å²) >= 11 is 1.47. The third kappa shape index (κ3) is 3.11. The molecule has 1 heterocycles. The maximum Gasteiger partial charge on any atom is 0.341 e. The molecule has 0 aromatic carbocycles. The van der Waals surface area contributed by atoms with Gasteiger partial charge in [0.1, 0.15) is 10.6 Å². The number of methoxy groups -OCH3 is 2. The Hall–Kier alpha value is -1.40. The van der Waals surface area contributed by atoms with Gasteiger partial charge in [-0.2, -0.15) is 0 Å². The van der Waals surface area contributed by atoms with Crippen molar-refractivity contribution in [1.29, 1.82) is 0 Å². The van der Waals surface area contributed by atoms with E-state index in [9.17, 15) is 9.59 Å². The molecule has 0 fully saturated rings. The van der Waals surface area contributed by atoms with Crippen LogP contribution in [0.3, 0.4) is 0 Å². The van der Waals surface area contributed by atoms with Gasteiger partial charge in [-0.3, -0.25) is 4.79 Å². The van der Waals surface area contributed by atoms with Crippen LogP contribution in [0, 0.1) is 0 Å². The lowest BCUT2D eigenvalue weighted by atomic mass is 9.95. The van der Waals surface area contributed by atoms with Crippen molar-refractivity contribution < 1.29 is 19.1 Å². The minimum atomic E-state index is -0.947. The number of ether oxygens (including phenoxy) is 2. The minimum Gasteiger partial charge on any atom is -0.465 e. The molecular weight excluding hydrogens is 290 g/mol. The van der Waals surface area contributed by atoms with Crippen LogP contribution in [-0.2, 0) is 27.1 Å². The van der Waals surface area contributed by atoms with Crippen LogP contribution in [-0.4, -0.2) is 31.7 Å². The second-order valence-electron chi connectivity index (χ2n) is 5.58. The van der Waals surface area contributed by atoms with E-state index in [0.717, 1.165) is 31.2 Å². The van der Waals surface area contributed by atoms with Gasteiger partial charge in [0.2, 0.25) is 0 Å². The third-order valence-electron chi connectivity index (χ3n) is 3.85. The zero-order chi connectivity index (χ0) is 15.6. The molecule has 0 radical (unpaired) electrons. The summed E-state index contributed by atoms with van der Waals surface area (Å²) in [4.78, 5) is 25.5. The van der Waals surface area contributed by atoms with Crippen molar-refractivity contribution in [2.45, 2.75) is 45.1 Å².